The molecule has 2 aromatic heterocycles. The van der Waals surface area contributed by atoms with Crippen LogP contribution >= 0.6 is 11.3 Å². The summed E-state index contributed by atoms with van der Waals surface area (Å²) in [5.74, 6) is -1.93. The van der Waals surface area contributed by atoms with Crippen molar-refractivity contribution in [3.63, 3.8) is 0 Å². The molecule has 10 nitrogen and oxygen atoms in total. The van der Waals surface area contributed by atoms with E-state index in [2.05, 4.69) is 32.8 Å². The summed E-state index contributed by atoms with van der Waals surface area (Å²) in [6, 6.07) is 16.1. The Hall–Kier alpha value is -4.51. The molecular formula is C24H19N5O5S. The molecular weight excluding hydrogens is 470 g/mol. The average molecular weight is 490 g/mol. The summed E-state index contributed by atoms with van der Waals surface area (Å²) < 4.78 is 6.64. The second-order valence-corrected chi connectivity index (χ2v) is 8.64. The third-order valence-electron chi connectivity index (χ3n) is 5.68. The molecule has 176 valence electrons. The number of fused-ring (bicyclic) bond motifs is 3. The van der Waals surface area contributed by atoms with Crippen molar-refractivity contribution < 1.29 is 24.2 Å². The van der Waals surface area contributed by atoms with Gasteiger partial charge in [-0.1, -0.05) is 48.5 Å². The van der Waals surface area contributed by atoms with Crippen LogP contribution in [0, 0.1) is 0 Å². The van der Waals surface area contributed by atoms with Gasteiger partial charge in [0.05, 0.1) is 11.9 Å². The van der Waals surface area contributed by atoms with Crippen molar-refractivity contribution in [3.8, 4) is 11.1 Å². The molecule has 0 saturated heterocycles. The molecule has 0 aliphatic heterocycles. The van der Waals surface area contributed by atoms with E-state index in [0.29, 0.717) is 0 Å². The Kier molecular flexibility index (Phi) is 5.75. The Bertz CT molecular complexity index is 1410. The lowest BCUT2D eigenvalue weighted by Gasteiger charge is -2.14. The fourth-order valence-corrected chi connectivity index (χ4v) is 4.80. The molecule has 11 heteroatoms. The van der Waals surface area contributed by atoms with Gasteiger partial charge in [-0.05, 0) is 22.3 Å². The molecule has 2 amide bonds. The minimum atomic E-state index is -1.23. The largest absolute Gasteiger partial charge is 0.476 e. The number of hydrogen-bond donors (Lipinski definition) is 3. The number of carboxylic acid groups (broad SMARTS) is 1. The highest BCUT2D eigenvalue weighted by molar-refractivity contribution is 7.14. The summed E-state index contributed by atoms with van der Waals surface area (Å²) in [4.78, 5) is 40.4. The van der Waals surface area contributed by atoms with Crippen molar-refractivity contribution in [2.75, 3.05) is 17.2 Å². The van der Waals surface area contributed by atoms with Gasteiger partial charge in [0.2, 0.25) is 0 Å². The molecule has 5 rings (SSSR count). The zero-order valence-electron chi connectivity index (χ0n) is 18.4. The summed E-state index contributed by atoms with van der Waals surface area (Å²) in [7, 11) is 1.46. The van der Waals surface area contributed by atoms with Crippen LogP contribution in [0.15, 0.2) is 60.1 Å². The van der Waals surface area contributed by atoms with Crippen LogP contribution in [-0.2, 0) is 11.8 Å². The van der Waals surface area contributed by atoms with Crippen molar-refractivity contribution in [3.05, 3.63) is 82.6 Å². The monoisotopic (exact) mass is 489 g/mol. The molecule has 0 bridgehead atoms. The van der Waals surface area contributed by atoms with Crippen LogP contribution in [0.2, 0.25) is 0 Å². The van der Waals surface area contributed by atoms with E-state index in [-0.39, 0.29) is 34.7 Å². The summed E-state index contributed by atoms with van der Waals surface area (Å²) >= 11 is 1.05. The van der Waals surface area contributed by atoms with Crippen molar-refractivity contribution >= 4 is 40.1 Å². The lowest BCUT2D eigenvalue weighted by atomic mass is 9.98. The Morgan fingerprint density at radius 3 is 2.37 bits per heavy atom. The summed E-state index contributed by atoms with van der Waals surface area (Å²) in [6.07, 6.45) is 0.553. The molecule has 2 heterocycles. The molecule has 0 radical (unpaired) electrons. The van der Waals surface area contributed by atoms with Gasteiger partial charge in [-0.25, -0.2) is 14.6 Å². The maximum atomic E-state index is 12.5. The van der Waals surface area contributed by atoms with Crippen LogP contribution in [-0.4, -0.2) is 44.4 Å². The minimum absolute atomic E-state index is 0.0177. The Labute approximate surface area is 203 Å². The first-order valence-electron chi connectivity index (χ1n) is 10.6. The van der Waals surface area contributed by atoms with E-state index in [0.717, 1.165) is 38.3 Å². The molecule has 0 fully saturated rings. The van der Waals surface area contributed by atoms with E-state index in [1.165, 1.54) is 18.6 Å². The minimum Gasteiger partial charge on any atom is -0.476 e. The summed E-state index contributed by atoms with van der Waals surface area (Å²) in [6.45, 7) is 0.150. The molecule has 35 heavy (non-hydrogen) atoms. The van der Waals surface area contributed by atoms with Gasteiger partial charge in [0, 0.05) is 18.3 Å². The first-order chi connectivity index (χ1) is 16.9. The second-order valence-electron chi connectivity index (χ2n) is 7.78. The van der Waals surface area contributed by atoms with E-state index >= 15 is 0 Å². The number of nitrogens with zero attached hydrogens (tertiary/aromatic N) is 3. The number of ether oxygens (including phenoxy) is 1. The molecule has 4 aromatic rings. The van der Waals surface area contributed by atoms with E-state index in [4.69, 9.17) is 4.74 Å². The van der Waals surface area contributed by atoms with Crippen LogP contribution in [0.5, 0.6) is 0 Å². The maximum Gasteiger partial charge on any atom is 0.413 e. The first-order valence-corrected chi connectivity index (χ1v) is 11.4. The fourth-order valence-electron chi connectivity index (χ4n) is 4.13. The lowest BCUT2D eigenvalue weighted by Crippen LogP contribution is -2.18. The van der Waals surface area contributed by atoms with Gasteiger partial charge in [0.1, 0.15) is 12.3 Å². The smallest absolute Gasteiger partial charge is 0.413 e. The number of hydrogen-bond acceptors (Lipinski definition) is 7. The molecule has 1 aliphatic rings. The van der Waals surface area contributed by atoms with Gasteiger partial charge in [-0.2, -0.15) is 5.10 Å². The van der Waals surface area contributed by atoms with Crippen molar-refractivity contribution in [1.29, 1.82) is 0 Å². The third kappa shape index (κ3) is 4.24. The molecule has 3 N–H and O–H groups in total. The van der Waals surface area contributed by atoms with E-state index in [1.54, 1.807) is 0 Å². The fraction of sp³-hybridized carbons (Fsp3) is 0.125. The quantitative estimate of drug-likeness (QED) is 0.370. The van der Waals surface area contributed by atoms with Crippen molar-refractivity contribution in [2.24, 2.45) is 7.05 Å². The first kappa shape index (κ1) is 22.3. The van der Waals surface area contributed by atoms with E-state index < -0.39 is 18.0 Å². The number of anilines is 2. The van der Waals surface area contributed by atoms with Crippen LogP contribution in [0.25, 0.3) is 11.1 Å². The molecule has 0 spiro atoms. The van der Waals surface area contributed by atoms with Gasteiger partial charge in [0.25, 0.3) is 5.91 Å². The molecule has 0 saturated carbocycles. The number of rotatable bonds is 6. The molecule has 2 aromatic carbocycles. The second kappa shape index (κ2) is 9.03. The highest BCUT2D eigenvalue weighted by Crippen LogP contribution is 2.44. The number of nitrogens with one attached hydrogen (secondary N) is 2. The van der Waals surface area contributed by atoms with Crippen molar-refractivity contribution in [2.45, 2.75) is 5.92 Å². The number of aromatic nitrogens is 3. The summed E-state index contributed by atoms with van der Waals surface area (Å²) in [5.41, 5.74) is 4.37. The average Bonchev–Trinajstić information content (AvgIpc) is 3.54. The SMILES string of the molecule is Cn1ncc(NC(=O)c2csc(NC(=O)OCC3c4ccccc4-c4ccccc43)n2)c1C(=O)O. The third-order valence-corrected chi connectivity index (χ3v) is 6.44. The Balaban J connectivity index is 1.22. The molecule has 0 atom stereocenters. The van der Waals surface area contributed by atoms with Crippen LogP contribution in [0.3, 0.4) is 0 Å². The topological polar surface area (TPSA) is 135 Å². The zero-order valence-corrected chi connectivity index (χ0v) is 19.2. The number of aromatic carboxylic acids is 1. The van der Waals surface area contributed by atoms with Gasteiger partial charge in [-0.3, -0.25) is 14.8 Å². The summed E-state index contributed by atoms with van der Waals surface area (Å²) in [5, 5.41) is 19.8. The molecule has 0 unspecified atom stereocenters. The maximum absolute atomic E-state index is 12.5. The number of aryl methyl sites for hydroxylation is 1. The number of amides is 2. The van der Waals surface area contributed by atoms with Crippen molar-refractivity contribution in [1.82, 2.24) is 14.8 Å². The standard InChI is InChI=1S/C24H19N5O5S/c1-29-20(22(31)32)18(10-25-29)26-21(30)19-12-35-23(27-19)28-24(33)34-11-17-15-8-4-2-6-13(15)14-7-3-5-9-16(14)17/h2-10,12,17H,11H2,1H3,(H,26,30)(H,31,32)(H,27,28,33). The van der Waals surface area contributed by atoms with Crippen LogP contribution in [0.1, 0.15) is 38.0 Å². The highest BCUT2D eigenvalue weighted by Gasteiger charge is 2.29. The lowest BCUT2D eigenvalue weighted by molar-refractivity contribution is 0.0686. The Morgan fingerprint density at radius 1 is 1.06 bits per heavy atom. The number of carboxylic acids is 1. The normalized spacial score (nSPS) is 12.0. The van der Waals surface area contributed by atoms with E-state index in [9.17, 15) is 19.5 Å². The number of carbonyl (C=O) groups excluding carboxylic acids is 2. The Morgan fingerprint density at radius 2 is 1.71 bits per heavy atom. The molecule has 1 aliphatic carbocycles. The van der Waals surface area contributed by atoms with Gasteiger partial charge >= 0.3 is 12.1 Å². The highest BCUT2D eigenvalue weighted by atomic mass is 32.1. The number of benzene rings is 2. The van der Waals surface area contributed by atoms with Gasteiger partial charge in [0.15, 0.2) is 10.8 Å². The number of thiazole rings is 1. The van der Waals surface area contributed by atoms with Gasteiger partial charge < -0.3 is 15.2 Å². The zero-order chi connectivity index (χ0) is 24.5. The predicted octanol–water partition coefficient (Wildman–Crippen LogP) is 4.19. The van der Waals surface area contributed by atoms with Crippen LogP contribution < -0.4 is 10.6 Å². The predicted molar refractivity (Wildman–Crippen MR) is 129 cm³/mol. The van der Waals surface area contributed by atoms with Gasteiger partial charge in [-0.15, -0.1) is 11.3 Å². The van der Waals surface area contributed by atoms with Crippen LogP contribution in [0.4, 0.5) is 15.6 Å². The number of carbonyl (C=O) groups is 3. The van der Waals surface area contributed by atoms with E-state index in [1.807, 2.05) is 36.4 Å².